The quantitative estimate of drug-likeness (QED) is 0.736. The van der Waals surface area contributed by atoms with Crippen LogP contribution in [0.4, 0.5) is 5.69 Å². The minimum atomic E-state index is -0.0310. The van der Waals surface area contributed by atoms with Gasteiger partial charge in [0.2, 0.25) is 0 Å². The predicted molar refractivity (Wildman–Crippen MR) is 113 cm³/mol. The lowest BCUT2D eigenvalue weighted by Gasteiger charge is -2.26. The molecular weight excluding hydrogens is 350 g/mol. The Morgan fingerprint density at radius 3 is 2.29 bits per heavy atom. The molecule has 0 aromatic heterocycles. The van der Waals surface area contributed by atoms with Gasteiger partial charge in [-0.25, -0.2) is 0 Å². The molecule has 5 nitrogen and oxygen atoms in total. The molecule has 2 aromatic carbocycles. The number of quaternary nitrogens is 1. The van der Waals surface area contributed by atoms with Crippen LogP contribution in [-0.4, -0.2) is 46.2 Å². The number of amides is 1. The second-order valence-electron chi connectivity index (χ2n) is 7.57. The number of rotatable bonds is 8. The van der Waals surface area contributed by atoms with Crippen LogP contribution in [0.25, 0.3) is 0 Å². The van der Waals surface area contributed by atoms with E-state index in [4.69, 9.17) is 4.74 Å². The van der Waals surface area contributed by atoms with E-state index in [1.54, 1.807) is 4.90 Å². The molecule has 150 valence electrons. The van der Waals surface area contributed by atoms with Crippen LogP contribution < -0.4 is 19.9 Å². The minimum absolute atomic E-state index is 0.0310. The molecule has 0 aliphatic carbocycles. The SMILES string of the molecule is CCOc1ccc(C(=O)NC[C@H](c2ccc(N(C)C)cc2)[NH+]2CCCC2)cc1. The maximum atomic E-state index is 12.6. The number of anilines is 1. The molecule has 1 saturated heterocycles. The topological polar surface area (TPSA) is 46.0 Å². The third-order valence-corrected chi connectivity index (χ3v) is 5.44. The van der Waals surface area contributed by atoms with Crippen molar-refractivity contribution in [3.63, 3.8) is 0 Å². The molecule has 28 heavy (non-hydrogen) atoms. The van der Waals surface area contributed by atoms with Gasteiger partial charge in [0.05, 0.1) is 26.2 Å². The molecule has 0 radical (unpaired) electrons. The van der Waals surface area contributed by atoms with Crippen LogP contribution in [0.3, 0.4) is 0 Å². The van der Waals surface area contributed by atoms with Gasteiger partial charge in [0.15, 0.2) is 0 Å². The summed E-state index contributed by atoms with van der Waals surface area (Å²) in [5.74, 6) is 0.760. The van der Waals surface area contributed by atoms with Crippen molar-refractivity contribution < 1.29 is 14.4 Å². The van der Waals surface area contributed by atoms with Gasteiger partial charge in [-0.05, 0) is 43.3 Å². The summed E-state index contributed by atoms with van der Waals surface area (Å²) in [6, 6.07) is 16.4. The lowest BCUT2D eigenvalue weighted by atomic mass is 10.0. The van der Waals surface area contributed by atoms with Gasteiger partial charge in [-0.2, -0.15) is 0 Å². The molecule has 2 N–H and O–H groups in total. The Bertz CT molecular complexity index is 750. The lowest BCUT2D eigenvalue weighted by molar-refractivity contribution is -0.918. The molecule has 1 atom stereocenters. The number of hydrogen-bond donors (Lipinski definition) is 2. The second kappa shape index (κ2) is 9.60. The Labute approximate surface area is 168 Å². The van der Waals surface area contributed by atoms with Crippen molar-refractivity contribution in [2.75, 3.05) is 45.2 Å². The maximum Gasteiger partial charge on any atom is 0.251 e. The molecule has 0 bridgehead atoms. The number of hydrogen-bond acceptors (Lipinski definition) is 3. The van der Waals surface area contributed by atoms with Crippen molar-refractivity contribution in [1.29, 1.82) is 0 Å². The van der Waals surface area contributed by atoms with Crippen molar-refractivity contribution in [1.82, 2.24) is 5.32 Å². The normalized spacial score (nSPS) is 15.2. The second-order valence-corrected chi connectivity index (χ2v) is 7.57. The van der Waals surface area contributed by atoms with Gasteiger partial charge in [-0.15, -0.1) is 0 Å². The van der Waals surface area contributed by atoms with Gasteiger partial charge in [0, 0.05) is 43.8 Å². The fraction of sp³-hybridized carbons (Fsp3) is 0.435. The van der Waals surface area contributed by atoms with Crippen molar-refractivity contribution in [3.05, 3.63) is 59.7 Å². The van der Waals surface area contributed by atoms with Gasteiger partial charge in [0.25, 0.3) is 5.91 Å². The summed E-state index contributed by atoms with van der Waals surface area (Å²) in [6.45, 7) is 5.55. The van der Waals surface area contributed by atoms with Gasteiger partial charge in [-0.1, -0.05) is 12.1 Å². The summed E-state index contributed by atoms with van der Waals surface area (Å²) in [4.78, 5) is 16.3. The number of carbonyl (C=O) groups is 1. The van der Waals surface area contributed by atoms with Gasteiger partial charge in [-0.3, -0.25) is 4.79 Å². The Balaban J connectivity index is 1.68. The molecular formula is C23H32N3O2+. The molecule has 1 aliphatic rings. The van der Waals surface area contributed by atoms with E-state index in [2.05, 4.69) is 48.6 Å². The highest BCUT2D eigenvalue weighted by molar-refractivity contribution is 5.94. The van der Waals surface area contributed by atoms with Gasteiger partial charge < -0.3 is 19.9 Å². The van der Waals surface area contributed by atoms with Crippen molar-refractivity contribution in [3.8, 4) is 5.75 Å². The Kier molecular flexibility index (Phi) is 6.93. The zero-order valence-electron chi connectivity index (χ0n) is 17.2. The summed E-state index contributed by atoms with van der Waals surface area (Å²) in [5, 5.41) is 3.15. The van der Waals surface area contributed by atoms with Crippen LogP contribution in [-0.2, 0) is 0 Å². The Hall–Kier alpha value is -2.53. The average molecular weight is 383 g/mol. The summed E-state index contributed by atoms with van der Waals surface area (Å²) in [7, 11) is 4.10. The summed E-state index contributed by atoms with van der Waals surface area (Å²) < 4.78 is 5.45. The molecule has 1 amide bonds. The van der Waals surface area contributed by atoms with Crippen LogP contribution in [0.1, 0.15) is 41.7 Å². The summed E-state index contributed by atoms with van der Waals surface area (Å²) >= 11 is 0. The highest BCUT2D eigenvalue weighted by atomic mass is 16.5. The lowest BCUT2D eigenvalue weighted by Crippen LogP contribution is -3.11. The van der Waals surface area contributed by atoms with Crippen LogP contribution in [0.5, 0.6) is 5.75 Å². The Morgan fingerprint density at radius 2 is 1.71 bits per heavy atom. The van der Waals surface area contributed by atoms with E-state index in [-0.39, 0.29) is 11.9 Å². The summed E-state index contributed by atoms with van der Waals surface area (Å²) in [6.07, 6.45) is 2.52. The van der Waals surface area contributed by atoms with E-state index in [0.29, 0.717) is 18.7 Å². The van der Waals surface area contributed by atoms with E-state index in [0.717, 1.165) is 5.75 Å². The first-order valence-corrected chi connectivity index (χ1v) is 10.2. The van der Waals surface area contributed by atoms with Gasteiger partial charge >= 0.3 is 0 Å². The van der Waals surface area contributed by atoms with Crippen LogP contribution >= 0.6 is 0 Å². The molecule has 0 saturated carbocycles. The van der Waals surface area contributed by atoms with E-state index >= 15 is 0 Å². The maximum absolute atomic E-state index is 12.6. The van der Waals surface area contributed by atoms with Crippen molar-refractivity contribution >= 4 is 11.6 Å². The number of nitrogens with zero attached hydrogens (tertiary/aromatic N) is 1. The molecule has 1 fully saturated rings. The zero-order valence-corrected chi connectivity index (χ0v) is 17.2. The first kappa shape index (κ1) is 20.2. The number of nitrogens with one attached hydrogen (secondary N) is 2. The van der Waals surface area contributed by atoms with E-state index in [1.807, 2.05) is 31.2 Å². The molecule has 3 rings (SSSR count). The predicted octanol–water partition coefficient (Wildman–Crippen LogP) is 2.30. The van der Waals surface area contributed by atoms with Crippen LogP contribution in [0.2, 0.25) is 0 Å². The van der Waals surface area contributed by atoms with Crippen molar-refractivity contribution in [2.24, 2.45) is 0 Å². The number of likely N-dealkylation sites (tertiary alicyclic amines) is 1. The molecule has 5 heteroatoms. The first-order chi connectivity index (χ1) is 13.6. The number of benzene rings is 2. The fourth-order valence-electron chi connectivity index (χ4n) is 3.85. The molecule has 0 unspecified atom stereocenters. The smallest absolute Gasteiger partial charge is 0.251 e. The fourth-order valence-corrected chi connectivity index (χ4v) is 3.85. The molecule has 1 heterocycles. The zero-order chi connectivity index (χ0) is 19.9. The largest absolute Gasteiger partial charge is 0.494 e. The van der Waals surface area contributed by atoms with Gasteiger partial charge in [0.1, 0.15) is 11.8 Å². The highest BCUT2D eigenvalue weighted by Crippen LogP contribution is 2.17. The van der Waals surface area contributed by atoms with Crippen molar-refractivity contribution in [2.45, 2.75) is 25.8 Å². The van der Waals surface area contributed by atoms with Crippen LogP contribution in [0.15, 0.2) is 48.5 Å². The summed E-state index contributed by atoms with van der Waals surface area (Å²) in [5.41, 5.74) is 3.15. The molecule has 2 aromatic rings. The monoisotopic (exact) mass is 382 g/mol. The van der Waals surface area contributed by atoms with E-state index in [9.17, 15) is 4.79 Å². The third-order valence-electron chi connectivity index (χ3n) is 5.44. The molecule has 1 aliphatic heterocycles. The minimum Gasteiger partial charge on any atom is -0.494 e. The average Bonchev–Trinajstić information content (AvgIpc) is 3.24. The number of carbonyl (C=O) groups excluding carboxylic acids is 1. The number of ether oxygens (including phenoxy) is 1. The Morgan fingerprint density at radius 1 is 1.07 bits per heavy atom. The highest BCUT2D eigenvalue weighted by Gasteiger charge is 2.28. The third kappa shape index (κ3) is 5.04. The van der Waals surface area contributed by atoms with E-state index < -0.39 is 0 Å². The molecule has 0 spiro atoms. The van der Waals surface area contributed by atoms with Crippen LogP contribution in [0, 0.1) is 0 Å². The van der Waals surface area contributed by atoms with E-state index in [1.165, 1.54) is 37.2 Å². The standard InChI is InChI=1S/C23H31N3O2/c1-4-28-21-13-9-19(10-14-21)23(27)24-17-22(26-15-5-6-16-26)18-7-11-20(12-8-18)25(2)3/h7-14,22H,4-6,15-17H2,1-3H3,(H,24,27)/p+1/t22-/m1/s1. The first-order valence-electron chi connectivity index (χ1n) is 10.2.